The second kappa shape index (κ2) is 6.07. The van der Waals surface area contributed by atoms with Gasteiger partial charge in [-0.3, -0.25) is 14.7 Å². The van der Waals surface area contributed by atoms with E-state index in [0.717, 1.165) is 24.9 Å². The highest BCUT2D eigenvalue weighted by Gasteiger charge is 2.29. The third-order valence-corrected chi connectivity index (χ3v) is 3.67. The zero-order valence-electron chi connectivity index (χ0n) is 12.3. The van der Waals surface area contributed by atoms with Crippen molar-refractivity contribution < 1.29 is 9.59 Å². The lowest BCUT2D eigenvalue weighted by Crippen LogP contribution is -2.45. The molecule has 1 unspecified atom stereocenters. The molecule has 1 aromatic heterocycles. The average Bonchev–Trinajstić information content (AvgIpc) is 2.83. The fourth-order valence-corrected chi connectivity index (χ4v) is 2.45. The molecular formula is C14H22N4O2. The van der Waals surface area contributed by atoms with Crippen LogP contribution in [0.4, 0.5) is 5.82 Å². The van der Waals surface area contributed by atoms with Crippen molar-refractivity contribution >= 4 is 17.6 Å². The number of amides is 2. The SMILES string of the molecule is Cc1cn[nH]c1NC(=O)C1CCCN(C(=O)C(C)C)C1. The van der Waals surface area contributed by atoms with Crippen LogP contribution in [0.15, 0.2) is 6.20 Å². The lowest BCUT2D eigenvalue weighted by atomic mass is 9.96. The number of nitrogens with one attached hydrogen (secondary N) is 2. The maximum absolute atomic E-state index is 12.3. The molecule has 1 atom stereocenters. The number of hydrogen-bond acceptors (Lipinski definition) is 3. The molecule has 2 rings (SSSR count). The van der Waals surface area contributed by atoms with Crippen molar-refractivity contribution in [1.82, 2.24) is 15.1 Å². The molecule has 0 aliphatic carbocycles. The van der Waals surface area contributed by atoms with Crippen LogP contribution in [0.2, 0.25) is 0 Å². The van der Waals surface area contributed by atoms with Crippen LogP contribution in [-0.2, 0) is 9.59 Å². The van der Waals surface area contributed by atoms with Crippen molar-refractivity contribution in [2.45, 2.75) is 33.6 Å². The van der Waals surface area contributed by atoms with Crippen molar-refractivity contribution in [2.75, 3.05) is 18.4 Å². The van der Waals surface area contributed by atoms with Gasteiger partial charge >= 0.3 is 0 Å². The number of hydrogen-bond donors (Lipinski definition) is 2. The fraction of sp³-hybridized carbons (Fsp3) is 0.643. The topological polar surface area (TPSA) is 78.1 Å². The smallest absolute Gasteiger partial charge is 0.230 e. The van der Waals surface area contributed by atoms with Gasteiger partial charge in [-0.15, -0.1) is 0 Å². The molecule has 0 bridgehead atoms. The number of aryl methyl sites for hydroxylation is 1. The van der Waals surface area contributed by atoms with E-state index in [4.69, 9.17) is 0 Å². The Morgan fingerprint density at radius 1 is 1.50 bits per heavy atom. The number of anilines is 1. The van der Waals surface area contributed by atoms with Crippen molar-refractivity contribution in [3.05, 3.63) is 11.8 Å². The van der Waals surface area contributed by atoms with E-state index in [1.165, 1.54) is 0 Å². The van der Waals surface area contributed by atoms with E-state index in [2.05, 4.69) is 15.5 Å². The van der Waals surface area contributed by atoms with E-state index < -0.39 is 0 Å². The number of carbonyl (C=O) groups excluding carboxylic acids is 2. The average molecular weight is 278 g/mol. The minimum absolute atomic E-state index is 0.0216. The molecule has 0 saturated carbocycles. The van der Waals surface area contributed by atoms with Crippen LogP contribution in [-0.4, -0.2) is 40.0 Å². The molecule has 1 aliphatic rings. The molecule has 6 heteroatoms. The van der Waals surface area contributed by atoms with E-state index in [0.29, 0.717) is 12.4 Å². The normalized spacial score (nSPS) is 19.2. The van der Waals surface area contributed by atoms with Gasteiger partial charge in [0.05, 0.1) is 12.1 Å². The summed E-state index contributed by atoms with van der Waals surface area (Å²) < 4.78 is 0. The van der Waals surface area contributed by atoms with Gasteiger partial charge in [0.15, 0.2) is 0 Å². The van der Waals surface area contributed by atoms with Crippen LogP contribution in [0.1, 0.15) is 32.3 Å². The van der Waals surface area contributed by atoms with E-state index >= 15 is 0 Å². The molecule has 1 saturated heterocycles. The molecular weight excluding hydrogens is 256 g/mol. The Bertz CT molecular complexity index is 495. The van der Waals surface area contributed by atoms with Crippen LogP contribution >= 0.6 is 0 Å². The maximum Gasteiger partial charge on any atom is 0.230 e. The third-order valence-electron chi connectivity index (χ3n) is 3.67. The molecule has 2 N–H and O–H groups in total. The lowest BCUT2D eigenvalue weighted by molar-refractivity contribution is -0.137. The monoisotopic (exact) mass is 278 g/mol. The first-order valence-electron chi connectivity index (χ1n) is 7.08. The van der Waals surface area contributed by atoms with Gasteiger partial charge in [0.1, 0.15) is 5.82 Å². The number of likely N-dealkylation sites (tertiary alicyclic amines) is 1. The van der Waals surface area contributed by atoms with E-state index in [1.807, 2.05) is 20.8 Å². The van der Waals surface area contributed by atoms with Crippen molar-refractivity contribution in [3.63, 3.8) is 0 Å². The van der Waals surface area contributed by atoms with Gasteiger partial charge in [-0.1, -0.05) is 13.8 Å². The van der Waals surface area contributed by atoms with Crippen molar-refractivity contribution in [1.29, 1.82) is 0 Å². The summed E-state index contributed by atoms with van der Waals surface area (Å²) in [6, 6.07) is 0. The Morgan fingerprint density at radius 2 is 2.25 bits per heavy atom. The van der Waals surface area contributed by atoms with Crippen LogP contribution in [0.3, 0.4) is 0 Å². The molecule has 0 radical (unpaired) electrons. The molecule has 0 spiro atoms. The van der Waals surface area contributed by atoms with Gasteiger partial charge in [0.25, 0.3) is 0 Å². The van der Waals surface area contributed by atoms with Crippen molar-refractivity contribution in [3.8, 4) is 0 Å². The lowest BCUT2D eigenvalue weighted by Gasteiger charge is -2.33. The fourth-order valence-electron chi connectivity index (χ4n) is 2.45. The van der Waals surface area contributed by atoms with Crippen LogP contribution in [0.5, 0.6) is 0 Å². The number of rotatable bonds is 3. The maximum atomic E-state index is 12.3. The molecule has 6 nitrogen and oxygen atoms in total. The van der Waals surface area contributed by atoms with Gasteiger partial charge in [0, 0.05) is 24.6 Å². The number of nitrogens with zero attached hydrogens (tertiary/aromatic N) is 2. The van der Waals surface area contributed by atoms with E-state index in [-0.39, 0.29) is 23.7 Å². The van der Waals surface area contributed by atoms with Gasteiger partial charge in [-0.2, -0.15) is 5.10 Å². The van der Waals surface area contributed by atoms with E-state index in [9.17, 15) is 9.59 Å². The number of aromatic nitrogens is 2. The zero-order chi connectivity index (χ0) is 14.7. The van der Waals surface area contributed by atoms with Crippen LogP contribution < -0.4 is 5.32 Å². The molecule has 2 heterocycles. The second-order valence-corrected chi connectivity index (χ2v) is 5.70. The standard InChI is InChI=1S/C14H22N4O2/c1-9(2)14(20)18-6-4-5-11(8-18)13(19)16-12-10(3)7-15-17-12/h7,9,11H,4-6,8H2,1-3H3,(H2,15,16,17,19). The van der Waals surface area contributed by atoms with Gasteiger partial charge in [0.2, 0.25) is 11.8 Å². The summed E-state index contributed by atoms with van der Waals surface area (Å²) >= 11 is 0. The molecule has 1 fully saturated rings. The minimum atomic E-state index is -0.144. The highest BCUT2D eigenvalue weighted by molar-refractivity contribution is 5.93. The summed E-state index contributed by atoms with van der Waals surface area (Å²) in [5.74, 6) is 0.557. The van der Waals surface area contributed by atoms with Crippen LogP contribution in [0, 0.1) is 18.8 Å². The van der Waals surface area contributed by atoms with Gasteiger partial charge < -0.3 is 10.2 Å². The Balaban J connectivity index is 1.96. The van der Waals surface area contributed by atoms with Gasteiger partial charge in [-0.05, 0) is 19.8 Å². The summed E-state index contributed by atoms with van der Waals surface area (Å²) in [5, 5.41) is 9.50. The van der Waals surface area contributed by atoms with E-state index in [1.54, 1.807) is 11.1 Å². The summed E-state index contributed by atoms with van der Waals surface area (Å²) in [6.07, 6.45) is 3.37. The molecule has 20 heavy (non-hydrogen) atoms. The molecule has 1 aromatic rings. The first-order valence-corrected chi connectivity index (χ1v) is 7.08. The third kappa shape index (κ3) is 3.18. The molecule has 110 valence electrons. The predicted octanol–water partition coefficient (Wildman–Crippen LogP) is 1.55. The van der Waals surface area contributed by atoms with Crippen LogP contribution in [0.25, 0.3) is 0 Å². The quantitative estimate of drug-likeness (QED) is 0.880. The molecule has 2 amide bonds. The zero-order valence-corrected chi connectivity index (χ0v) is 12.3. The molecule has 0 aromatic carbocycles. The summed E-state index contributed by atoms with van der Waals surface area (Å²) in [5.41, 5.74) is 0.907. The first kappa shape index (κ1) is 14.6. The Labute approximate surface area is 118 Å². The number of carbonyl (C=O) groups is 2. The predicted molar refractivity (Wildman–Crippen MR) is 76.1 cm³/mol. The number of H-pyrrole nitrogens is 1. The second-order valence-electron chi connectivity index (χ2n) is 5.70. The Morgan fingerprint density at radius 3 is 2.85 bits per heavy atom. The summed E-state index contributed by atoms with van der Waals surface area (Å²) in [7, 11) is 0. The minimum Gasteiger partial charge on any atom is -0.342 e. The molecule has 1 aliphatic heterocycles. The highest BCUT2D eigenvalue weighted by atomic mass is 16.2. The first-order chi connectivity index (χ1) is 9.49. The van der Waals surface area contributed by atoms with Gasteiger partial charge in [-0.25, -0.2) is 0 Å². The number of aromatic amines is 1. The Kier molecular flexibility index (Phi) is 4.42. The van der Waals surface area contributed by atoms with Crippen molar-refractivity contribution in [2.24, 2.45) is 11.8 Å². The largest absolute Gasteiger partial charge is 0.342 e. The highest BCUT2D eigenvalue weighted by Crippen LogP contribution is 2.20. The summed E-state index contributed by atoms with van der Waals surface area (Å²) in [6.45, 7) is 6.93. The summed E-state index contributed by atoms with van der Waals surface area (Å²) in [4.78, 5) is 26.1. The number of piperidine rings is 1. The Hall–Kier alpha value is -1.85.